The largest absolute Gasteiger partial charge is 0.333 e. The van der Waals surface area contributed by atoms with E-state index in [9.17, 15) is 14.4 Å². The number of fused-ring (bicyclic) bond motifs is 1. The van der Waals surface area contributed by atoms with Crippen molar-refractivity contribution in [2.24, 2.45) is 0 Å². The molecule has 0 unspecified atom stereocenters. The lowest BCUT2D eigenvalue weighted by Gasteiger charge is -2.13. The molecule has 2 heterocycles. The zero-order chi connectivity index (χ0) is 25.9. The smallest absolute Gasteiger partial charge is 0.325 e. The van der Waals surface area contributed by atoms with Crippen LogP contribution < -0.4 is 16.6 Å². The van der Waals surface area contributed by atoms with Gasteiger partial charge in [0.1, 0.15) is 6.54 Å². The average Bonchev–Trinajstić information content (AvgIpc) is 3.31. The molecule has 8 nitrogen and oxygen atoms in total. The molecule has 1 N–H and O–H groups in total. The first kappa shape index (κ1) is 24.0. The summed E-state index contributed by atoms with van der Waals surface area (Å²) in [6, 6.07) is 24.8. The van der Waals surface area contributed by atoms with Gasteiger partial charge in [0.05, 0.1) is 12.9 Å². The van der Waals surface area contributed by atoms with Gasteiger partial charge in [0, 0.05) is 12.2 Å². The summed E-state index contributed by atoms with van der Waals surface area (Å²) < 4.78 is 4.17. The Balaban J connectivity index is 1.58. The molecule has 0 radical (unpaired) electrons. The van der Waals surface area contributed by atoms with Crippen LogP contribution in [0, 0.1) is 13.8 Å². The topological polar surface area (TPSA) is 90.9 Å². The molecule has 8 heteroatoms. The minimum atomic E-state index is -0.582. The number of carbonyl (C=O) groups excluding carboxylic acids is 1. The molecule has 1 amide bonds. The van der Waals surface area contributed by atoms with E-state index < -0.39 is 23.7 Å². The quantitative estimate of drug-likeness (QED) is 0.374. The predicted octanol–water partition coefficient (Wildman–Crippen LogP) is 3.71. The fourth-order valence-electron chi connectivity index (χ4n) is 4.35. The highest BCUT2D eigenvalue weighted by molar-refractivity contribution is 5.90. The Kier molecular flexibility index (Phi) is 6.55. The number of hydrogen-bond donors (Lipinski definition) is 1. The van der Waals surface area contributed by atoms with Crippen LogP contribution >= 0.6 is 0 Å². The van der Waals surface area contributed by atoms with Crippen LogP contribution in [0.25, 0.3) is 11.2 Å². The van der Waals surface area contributed by atoms with Crippen molar-refractivity contribution in [3.63, 3.8) is 0 Å². The lowest BCUT2D eigenvalue weighted by Crippen LogP contribution is -2.43. The maximum absolute atomic E-state index is 13.6. The summed E-state index contributed by atoms with van der Waals surface area (Å²) in [5.74, 6) is -0.456. The van der Waals surface area contributed by atoms with Crippen molar-refractivity contribution in [3.05, 3.63) is 128 Å². The molecule has 0 aliphatic heterocycles. The van der Waals surface area contributed by atoms with Crippen LogP contribution in [0.2, 0.25) is 0 Å². The minimum Gasteiger partial charge on any atom is -0.325 e. The van der Waals surface area contributed by atoms with Gasteiger partial charge >= 0.3 is 5.69 Å². The number of carbonyl (C=O) groups is 1. The molecule has 0 fully saturated rings. The molecule has 0 spiro atoms. The van der Waals surface area contributed by atoms with Gasteiger partial charge in [-0.05, 0) is 48.2 Å². The van der Waals surface area contributed by atoms with E-state index in [1.165, 1.54) is 4.57 Å². The number of aryl methyl sites for hydroxylation is 2. The Labute approximate surface area is 213 Å². The van der Waals surface area contributed by atoms with Crippen molar-refractivity contribution in [2.45, 2.75) is 33.5 Å². The third kappa shape index (κ3) is 4.99. The lowest BCUT2D eigenvalue weighted by atomic mass is 10.1. The predicted molar refractivity (Wildman–Crippen MR) is 144 cm³/mol. The SMILES string of the molecule is Cc1ccc(NC(=O)Cn2c(=O)c3c(ncn3Cc3ccccc3)n(Cc3ccccc3)c2=O)cc1C. The van der Waals surface area contributed by atoms with Crippen molar-refractivity contribution < 1.29 is 4.79 Å². The summed E-state index contributed by atoms with van der Waals surface area (Å²) in [6.45, 7) is 4.16. The highest BCUT2D eigenvalue weighted by Gasteiger charge is 2.20. The molecular weight excluding hydrogens is 466 g/mol. The number of nitrogens with zero attached hydrogens (tertiary/aromatic N) is 4. The highest BCUT2D eigenvalue weighted by Crippen LogP contribution is 2.15. The molecule has 0 saturated carbocycles. The Bertz CT molecular complexity index is 1700. The number of benzene rings is 3. The van der Waals surface area contributed by atoms with Crippen LogP contribution in [0.3, 0.4) is 0 Å². The van der Waals surface area contributed by atoms with Gasteiger partial charge in [-0.1, -0.05) is 66.7 Å². The second kappa shape index (κ2) is 10.1. The first-order chi connectivity index (χ1) is 17.9. The van der Waals surface area contributed by atoms with Crippen LogP contribution in [0.4, 0.5) is 5.69 Å². The van der Waals surface area contributed by atoms with Gasteiger partial charge in [0.25, 0.3) is 5.56 Å². The van der Waals surface area contributed by atoms with Crippen LogP contribution in [-0.4, -0.2) is 24.6 Å². The normalized spacial score (nSPS) is 11.1. The molecule has 0 atom stereocenters. The molecule has 0 aliphatic carbocycles. The van der Waals surface area contributed by atoms with Gasteiger partial charge in [-0.25, -0.2) is 14.3 Å². The van der Waals surface area contributed by atoms with Gasteiger partial charge in [-0.2, -0.15) is 0 Å². The van der Waals surface area contributed by atoms with Crippen molar-refractivity contribution >= 4 is 22.8 Å². The van der Waals surface area contributed by atoms with Crippen molar-refractivity contribution in [3.8, 4) is 0 Å². The van der Waals surface area contributed by atoms with E-state index in [0.717, 1.165) is 26.8 Å². The van der Waals surface area contributed by atoms with Crippen molar-refractivity contribution in [1.82, 2.24) is 18.7 Å². The van der Waals surface area contributed by atoms with E-state index >= 15 is 0 Å². The summed E-state index contributed by atoms with van der Waals surface area (Å²) >= 11 is 0. The van der Waals surface area contributed by atoms with Crippen molar-refractivity contribution in [2.75, 3.05) is 5.32 Å². The second-order valence-corrected chi connectivity index (χ2v) is 9.12. The number of imidazole rings is 1. The van der Waals surface area contributed by atoms with Gasteiger partial charge < -0.3 is 9.88 Å². The Hall–Kier alpha value is -4.72. The van der Waals surface area contributed by atoms with Crippen LogP contribution in [0.5, 0.6) is 0 Å². The molecule has 5 rings (SSSR count). The van der Waals surface area contributed by atoms with Gasteiger partial charge in [0.15, 0.2) is 11.2 Å². The number of anilines is 1. The summed E-state index contributed by atoms with van der Waals surface area (Å²) in [7, 11) is 0. The van der Waals surface area contributed by atoms with E-state index in [2.05, 4.69) is 10.3 Å². The monoisotopic (exact) mass is 493 g/mol. The number of hydrogen-bond acceptors (Lipinski definition) is 4. The number of rotatable bonds is 7. The van der Waals surface area contributed by atoms with Crippen LogP contribution in [0.15, 0.2) is 94.8 Å². The third-order valence-electron chi connectivity index (χ3n) is 6.46. The van der Waals surface area contributed by atoms with Crippen molar-refractivity contribution in [1.29, 1.82) is 0 Å². The van der Waals surface area contributed by atoms with Gasteiger partial charge in [0.2, 0.25) is 5.91 Å². The maximum atomic E-state index is 13.6. The zero-order valence-electron chi connectivity index (χ0n) is 20.7. The molecule has 186 valence electrons. The molecule has 37 heavy (non-hydrogen) atoms. The first-order valence-electron chi connectivity index (χ1n) is 12.0. The zero-order valence-corrected chi connectivity index (χ0v) is 20.7. The molecule has 0 bridgehead atoms. The van der Waals surface area contributed by atoms with E-state index in [1.807, 2.05) is 86.6 Å². The third-order valence-corrected chi connectivity index (χ3v) is 6.46. The maximum Gasteiger partial charge on any atom is 0.333 e. The Morgan fingerprint density at radius 3 is 2.11 bits per heavy atom. The summed E-state index contributed by atoms with van der Waals surface area (Å²) in [4.78, 5) is 44.6. The second-order valence-electron chi connectivity index (χ2n) is 9.12. The summed E-state index contributed by atoms with van der Waals surface area (Å²) in [6.07, 6.45) is 1.57. The summed E-state index contributed by atoms with van der Waals surface area (Å²) in [5, 5.41) is 2.81. The van der Waals surface area contributed by atoms with E-state index in [4.69, 9.17) is 0 Å². The minimum absolute atomic E-state index is 0.220. The lowest BCUT2D eigenvalue weighted by molar-refractivity contribution is -0.116. The van der Waals surface area contributed by atoms with Crippen LogP contribution in [-0.2, 0) is 24.4 Å². The molecule has 0 saturated heterocycles. The van der Waals surface area contributed by atoms with Crippen LogP contribution in [0.1, 0.15) is 22.3 Å². The van der Waals surface area contributed by atoms with E-state index in [0.29, 0.717) is 17.9 Å². The number of nitrogens with one attached hydrogen (secondary N) is 1. The fourth-order valence-corrected chi connectivity index (χ4v) is 4.35. The van der Waals surface area contributed by atoms with Gasteiger partial charge in [-0.3, -0.25) is 14.2 Å². The molecule has 0 aliphatic rings. The summed E-state index contributed by atoms with van der Waals surface area (Å²) in [5.41, 5.74) is 4.06. The fraction of sp³-hybridized carbons (Fsp3) is 0.172. The Morgan fingerprint density at radius 1 is 0.811 bits per heavy atom. The molecule has 5 aromatic rings. The molecule has 3 aromatic carbocycles. The van der Waals surface area contributed by atoms with E-state index in [-0.39, 0.29) is 12.1 Å². The van der Waals surface area contributed by atoms with Gasteiger partial charge in [-0.15, -0.1) is 0 Å². The number of amides is 1. The Morgan fingerprint density at radius 2 is 1.46 bits per heavy atom. The highest BCUT2D eigenvalue weighted by atomic mass is 16.2. The number of aromatic nitrogens is 4. The standard InChI is InChI=1S/C29H27N5O3/c1-20-13-14-24(15-21(20)2)31-25(35)18-34-28(36)26-27(30-19-32(26)16-22-9-5-3-6-10-22)33(29(34)37)17-23-11-7-4-8-12-23/h3-15,19H,16-18H2,1-2H3,(H,31,35). The first-order valence-corrected chi connectivity index (χ1v) is 12.0. The van der Waals surface area contributed by atoms with E-state index in [1.54, 1.807) is 17.0 Å². The molecular formula is C29H27N5O3. The molecule has 2 aromatic heterocycles. The average molecular weight is 494 g/mol.